The summed E-state index contributed by atoms with van der Waals surface area (Å²) in [7, 11) is 0. The molecule has 60 valence electrons. The maximum absolute atomic E-state index is 7.16. The summed E-state index contributed by atoms with van der Waals surface area (Å²) in [6.07, 6.45) is 5.51. The van der Waals surface area contributed by atoms with Gasteiger partial charge in [-0.15, -0.1) is 0 Å². The molecule has 1 aliphatic heterocycles. The number of amidine groups is 1. The van der Waals surface area contributed by atoms with Crippen molar-refractivity contribution in [3.8, 4) is 0 Å². The van der Waals surface area contributed by atoms with Gasteiger partial charge in [-0.3, -0.25) is 5.41 Å². The number of nitrogens with one attached hydrogen (secondary N) is 1. The first-order valence-corrected chi connectivity index (χ1v) is 3.39. The first-order chi connectivity index (χ1) is 5.13. The van der Waals surface area contributed by atoms with E-state index in [0.717, 1.165) is 0 Å². The summed E-state index contributed by atoms with van der Waals surface area (Å²) < 4.78 is 0. The average molecular weight is 152 g/mol. The molecule has 0 saturated carbocycles. The Labute approximate surface area is 65.6 Å². The minimum atomic E-state index is 0.00343. The fraction of sp³-hybridized carbons (Fsp3) is 0.286. The molecular formula is C7H12N4. The minimum Gasteiger partial charge on any atom is -0.382 e. The van der Waals surface area contributed by atoms with Crippen LogP contribution >= 0.6 is 0 Å². The molecule has 0 aliphatic carbocycles. The van der Waals surface area contributed by atoms with Gasteiger partial charge in [0.1, 0.15) is 5.84 Å². The largest absolute Gasteiger partial charge is 0.382 e. The molecule has 0 aromatic rings. The third-order valence-electron chi connectivity index (χ3n) is 1.64. The lowest BCUT2D eigenvalue weighted by Crippen LogP contribution is -2.42. The van der Waals surface area contributed by atoms with Crippen LogP contribution in [0.25, 0.3) is 0 Å². The van der Waals surface area contributed by atoms with Crippen molar-refractivity contribution in [3.63, 3.8) is 0 Å². The molecule has 4 nitrogen and oxygen atoms in total. The summed E-state index contributed by atoms with van der Waals surface area (Å²) >= 11 is 0. The molecule has 0 bridgehead atoms. The first-order valence-electron chi connectivity index (χ1n) is 3.39. The van der Waals surface area contributed by atoms with Crippen molar-refractivity contribution in [3.05, 3.63) is 23.9 Å². The van der Waals surface area contributed by atoms with Crippen molar-refractivity contribution in [2.24, 2.45) is 11.6 Å². The smallest absolute Gasteiger partial charge is 0.140 e. The van der Waals surface area contributed by atoms with Crippen LogP contribution in [0.3, 0.4) is 0 Å². The van der Waals surface area contributed by atoms with Gasteiger partial charge in [0.2, 0.25) is 0 Å². The van der Waals surface area contributed by atoms with Gasteiger partial charge < -0.3 is 10.7 Å². The number of hydrogen-bond donors (Lipinski definition) is 3. The van der Waals surface area contributed by atoms with E-state index >= 15 is 0 Å². The van der Waals surface area contributed by atoms with Crippen LogP contribution in [0.15, 0.2) is 23.9 Å². The van der Waals surface area contributed by atoms with Gasteiger partial charge in [-0.05, 0) is 13.0 Å². The van der Waals surface area contributed by atoms with Crippen LogP contribution in [0.2, 0.25) is 0 Å². The van der Waals surface area contributed by atoms with Crippen LogP contribution in [0.1, 0.15) is 6.92 Å². The molecule has 11 heavy (non-hydrogen) atoms. The Balaban J connectivity index is 2.87. The molecule has 0 saturated heterocycles. The second-order valence-corrected chi connectivity index (χ2v) is 2.50. The summed E-state index contributed by atoms with van der Waals surface area (Å²) in [5, 5.41) is 8.64. The molecule has 0 fully saturated rings. The Morgan fingerprint density at radius 2 is 2.36 bits per heavy atom. The molecule has 1 atom stereocenters. The van der Waals surface area contributed by atoms with Gasteiger partial charge in [-0.2, -0.15) is 0 Å². The standard InChI is InChI=1S/C7H12N4/c1-5-3-2-4-6(7(8)9)11(5)10/h2-5H,10H2,1H3,(H3,8,9). The lowest BCUT2D eigenvalue weighted by atomic mass is 10.2. The number of allylic oxidation sites excluding steroid dienone is 2. The Morgan fingerprint density at radius 3 is 2.82 bits per heavy atom. The highest BCUT2D eigenvalue weighted by atomic mass is 15.4. The number of hydrogen-bond acceptors (Lipinski definition) is 3. The fourth-order valence-electron chi connectivity index (χ4n) is 0.935. The number of nitrogens with two attached hydrogens (primary N) is 2. The molecule has 4 heteroatoms. The van der Waals surface area contributed by atoms with E-state index < -0.39 is 0 Å². The normalized spacial score (nSPS) is 23.3. The highest BCUT2D eigenvalue weighted by Gasteiger charge is 2.14. The molecule has 0 amide bonds. The van der Waals surface area contributed by atoms with Crippen LogP contribution in [-0.2, 0) is 0 Å². The predicted molar refractivity (Wildman–Crippen MR) is 44.6 cm³/mol. The van der Waals surface area contributed by atoms with E-state index in [2.05, 4.69) is 0 Å². The number of rotatable bonds is 1. The van der Waals surface area contributed by atoms with Crippen molar-refractivity contribution in [2.75, 3.05) is 0 Å². The van der Waals surface area contributed by atoms with Gasteiger partial charge >= 0.3 is 0 Å². The topological polar surface area (TPSA) is 79.1 Å². The Hall–Kier alpha value is -1.29. The summed E-state index contributed by atoms with van der Waals surface area (Å²) in [6, 6.07) is 0.110. The zero-order valence-electron chi connectivity index (χ0n) is 6.41. The fourth-order valence-corrected chi connectivity index (χ4v) is 0.935. The Bertz CT molecular complexity index is 229. The van der Waals surface area contributed by atoms with Gasteiger partial charge in [0.15, 0.2) is 0 Å². The second-order valence-electron chi connectivity index (χ2n) is 2.50. The van der Waals surface area contributed by atoms with Crippen LogP contribution in [-0.4, -0.2) is 16.9 Å². The van der Waals surface area contributed by atoms with E-state index in [0.29, 0.717) is 5.70 Å². The quantitative estimate of drug-likeness (QED) is 0.280. The van der Waals surface area contributed by atoms with Crippen molar-refractivity contribution in [1.82, 2.24) is 5.01 Å². The summed E-state index contributed by atoms with van der Waals surface area (Å²) in [5.41, 5.74) is 5.85. The maximum Gasteiger partial charge on any atom is 0.140 e. The van der Waals surface area contributed by atoms with Crippen LogP contribution in [0.5, 0.6) is 0 Å². The van der Waals surface area contributed by atoms with E-state index in [-0.39, 0.29) is 11.9 Å². The highest BCUT2D eigenvalue weighted by Crippen LogP contribution is 2.10. The van der Waals surface area contributed by atoms with E-state index in [1.807, 2.05) is 19.1 Å². The summed E-state index contributed by atoms with van der Waals surface area (Å²) in [6.45, 7) is 1.94. The van der Waals surface area contributed by atoms with Gasteiger partial charge in [-0.25, -0.2) is 5.84 Å². The molecule has 0 spiro atoms. The van der Waals surface area contributed by atoms with E-state index in [1.165, 1.54) is 5.01 Å². The third-order valence-corrected chi connectivity index (χ3v) is 1.64. The van der Waals surface area contributed by atoms with Crippen LogP contribution in [0, 0.1) is 5.41 Å². The van der Waals surface area contributed by atoms with Crippen molar-refractivity contribution in [2.45, 2.75) is 13.0 Å². The van der Waals surface area contributed by atoms with Crippen molar-refractivity contribution >= 4 is 5.84 Å². The van der Waals surface area contributed by atoms with Gasteiger partial charge in [0.05, 0.1) is 11.7 Å². The molecule has 1 unspecified atom stereocenters. The highest BCUT2D eigenvalue weighted by molar-refractivity contribution is 5.94. The zero-order chi connectivity index (χ0) is 8.43. The van der Waals surface area contributed by atoms with Gasteiger partial charge in [0, 0.05) is 0 Å². The predicted octanol–water partition coefficient (Wildman–Crippen LogP) is -0.0597. The molecular weight excluding hydrogens is 140 g/mol. The molecule has 1 aliphatic rings. The minimum absolute atomic E-state index is 0.00343. The van der Waals surface area contributed by atoms with Crippen LogP contribution < -0.4 is 11.6 Å². The molecule has 0 aromatic heterocycles. The number of nitrogens with zero attached hydrogens (tertiary/aromatic N) is 1. The van der Waals surface area contributed by atoms with Crippen LogP contribution in [0.4, 0.5) is 0 Å². The average Bonchev–Trinajstić information content (AvgIpc) is 1.94. The maximum atomic E-state index is 7.16. The monoisotopic (exact) mass is 152 g/mol. The second kappa shape index (κ2) is 2.75. The molecule has 0 aromatic carbocycles. The molecule has 1 heterocycles. The van der Waals surface area contributed by atoms with Crippen molar-refractivity contribution < 1.29 is 0 Å². The van der Waals surface area contributed by atoms with E-state index in [9.17, 15) is 0 Å². The van der Waals surface area contributed by atoms with Crippen molar-refractivity contribution in [1.29, 1.82) is 5.41 Å². The summed E-state index contributed by atoms with van der Waals surface area (Å²) in [4.78, 5) is 0. The molecule has 0 radical (unpaired) electrons. The van der Waals surface area contributed by atoms with Gasteiger partial charge in [-0.1, -0.05) is 12.2 Å². The van der Waals surface area contributed by atoms with E-state index in [4.69, 9.17) is 17.0 Å². The number of hydrazine groups is 1. The Kier molecular flexibility index (Phi) is 1.96. The van der Waals surface area contributed by atoms with Gasteiger partial charge in [0.25, 0.3) is 0 Å². The Morgan fingerprint density at radius 1 is 1.73 bits per heavy atom. The lowest BCUT2D eigenvalue weighted by Gasteiger charge is -2.27. The van der Waals surface area contributed by atoms with E-state index in [1.54, 1.807) is 6.08 Å². The molecule has 1 rings (SSSR count). The lowest BCUT2D eigenvalue weighted by molar-refractivity contribution is 0.329. The SMILES string of the molecule is CC1C=CC=C(C(=N)N)N1N. The first kappa shape index (κ1) is 7.81. The summed E-state index contributed by atoms with van der Waals surface area (Å²) in [5.74, 6) is 5.62. The zero-order valence-corrected chi connectivity index (χ0v) is 6.41. The third kappa shape index (κ3) is 1.40. The molecule has 5 N–H and O–H groups in total.